The van der Waals surface area contributed by atoms with Gasteiger partial charge in [0.15, 0.2) is 7.14 Å². The van der Waals surface area contributed by atoms with E-state index in [0.717, 1.165) is 76.4 Å². The second-order valence-corrected chi connectivity index (χ2v) is 15.7. The molecule has 9 rings (SSSR count). The Bertz CT molecular complexity index is 2590. The number of fused-ring (bicyclic) bond motifs is 2. The van der Waals surface area contributed by atoms with Crippen LogP contribution in [0.5, 0.6) is 0 Å². The van der Waals surface area contributed by atoms with Gasteiger partial charge in [-0.2, -0.15) is 0 Å². The monoisotopic (exact) mass is 684 g/mol. The summed E-state index contributed by atoms with van der Waals surface area (Å²) in [6.45, 7) is 0. The van der Waals surface area contributed by atoms with Crippen molar-refractivity contribution in [3.8, 4) is 44.5 Å². The summed E-state index contributed by atoms with van der Waals surface area (Å²) >= 11 is 0. The van der Waals surface area contributed by atoms with Gasteiger partial charge in [0.1, 0.15) is 0 Å². The number of benzene rings is 7. The quantitative estimate of drug-likeness (QED) is 0.124. The van der Waals surface area contributed by atoms with Gasteiger partial charge in [0.05, 0.1) is 0 Å². The molecule has 0 atom stereocenters. The zero-order valence-corrected chi connectivity index (χ0v) is 29.2. The van der Waals surface area contributed by atoms with E-state index in [1.54, 1.807) is 0 Å². The van der Waals surface area contributed by atoms with Crippen molar-refractivity contribution in [2.45, 2.75) is 0 Å². The second kappa shape index (κ2) is 13.4. The minimum Gasteiger partial charge on any atom is -0.309 e. The first-order valence-corrected chi connectivity index (χ1v) is 19.1. The van der Waals surface area contributed by atoms with Crippen LogP contribution < -0.4 is 15.9 Å². The Morgan fingerprint density at radius 2 is 0.692 bits per heavy atom. The van der Waals surface area contributed by atoms with E-state index in [9.17, 15) is 0 Å². The van der Waals surface area contributed by atoms with Crippen molar-refractivity contribution in [3.05, 3.63) is 201 Å². The van der Waals surface area contributed by atoms with Crippen LogP contribution in [0.25, 0.3) is 66.1 Å². The van der Waals surface area contributed by atoms with Gasteiger partial charge in [0, 0.05) is 40.7 Å². The standard InChI is InChI=1S/C48H33N2OP/c51-52(40-13-3-1-4-14-40,41-15-5-2-6-16-41)42-17-11-12-36(33-42)47-43-18-7-9-20-45(43)48(46-21-10-8-19-44(46)47)39-31-37(34-22-26-49-27-23-34)30-38(32-39)35-24-28-50-29-25-35/h1-33H. The molecular formula is C48H33N2OP. The highest BCUT2D eigenvalue weighted by atomic mass is 31.2. The van der Waals surface area contributed by atoms with Gasteiger partial charge in [-0.3, -0.25) is 9.97 Å². The molecular weight excluding hydrogens is 652 g/mol. The molecule has 2 aromatic heterocycles. The van der Waals surface area contributed by atoms with Gasteiger partial charge in [-0.25, -0.2) is 0 Å². The summed E-state index contributed by atoms with van der Waals surface area (Å²) in [5.41, 5.74) is 8.92. The molecule has 0 bridgehead atoms. The molecule has 2 heterocycles. The minimum absolute atomic E-state index is 0.812. The van der Waals surface area contributed by atoms with Gasteiger partial charge in [-0.15, -0.1) is 0 Å². The molecule has 0 aliphatic carbocycles. The maximum atomic E-state index is 15.5. The third kappa shape index (κ3) is 5.53. The van der Waals surface area contributed by atoms with Crippen molar-refractivity contribution < 1.29 is 4.57 Å². The van der Waals surface area contributed by atoms with Crippen LogP contribution in [0.15, 0.2) is 201 Å². The Morgan fingerprint density at radius 1 is 0.308 bits per heavy atom. The summed E-state index contributed by atoms with van der Waals surface area (Å²) in [5.74, 6) is 0. The first kappa shape index (κ1) is 31.6. The summed E-state index contributed by atoms with van der Waals surface area (Å²) < 4.78 is 15.5. The minimum atomic E-state index is -3.18. The van der Waals surface area contributed by atoms with E-state index in [-0.39, 0.29) is 0 Å². The molecule has 0 aliphatic rings. The summed E-state index contributed by atoms with van der Waals surface area (Å²) in [4.78, 5) is 8.56. The second-order valence-electron chi connectivity index (χ2n) is 12.9. The van der Waals surface area contributed by atoms with Crippen LogP contribution in [0.4, 0.5) is 0 Å². The average molecular weight is 685 g/mol. The van der Waals surface area contributed by atoms with Gasteiger partial charge in [0.2, 0.25) is 0 Å². The predicted octanol–water partition coefficient (Wildman–Crippen LogP) is 11.1. The molecule has 0 N–H and O–H groups in total. The summed E-state index contributed by atoms with van der Waals surface area (Å²) in [6.07, 6.45) is 7.37. The fourth-order valence-electron chi connectivity index (χ4n) is 7.52. The molecule has 0 saturated heterocycles. The number of aromatic nitrogens is 2. The van der Waals surface area contributed by atoms with Gasteiger partial charge in [0.25, 0.3) is 0 Å². The van der Waals surface area contributed by atoms with Crippen molar-refractivity contribution in [1.82, 2.24) is 9.97 Å². The third-order valence-corrected chi connectivity index (χ3v) is 13.0. The number of hydrogen-bond donors (Lipinski definition) is 0. The number of nitrogens with zero attached hydrogens (tertiary/aromatic N) is 2. The van der Waals surface area contributed by atoms with E-state index in [4.69, 9.17) is 0 Å². The SMILES string of the molecule is O=P(c1ccccc1)(c1ccccc1)c1cccc(-c2c3ccccc3c(-c3cc(-c4ccncc4)cc(-c4ccncc4)c3)c3ccccc23)c1. The fraction of sp³-hybridized carbons (Fsp3) is 0. The molecule has 4 heteroatoms. The largest absolute Gasteiger partial charge is 0.309 e. The lowest BCUT2D eigenvalue weighted by Crippen LogP contribution is -2.25. The highest BCUT2D eigenvalue weighted by Crippen LogP contribution is 2.47. The van der Waals surface area contributed by atoms with Crippen LogP contribution in [-0.2, 0) is 4.57 Å². The normalized spacial score (nSPS) is 11.5. The Morgan fingerprint density at radius 3 is 1.15 bits per heavy atom. The highest BCUT2D eigenvalue weighted by molar-refractivity contribution is 7.85. The Labute approximate surface area is 303 Å². The molecule has 0 amide bonds. The van der Waals surface area contributed by atoms with Crippen LogP contribution in [-0.4, -0.2) is 9.97 Å². The first-order chi connectivity index (χ1) is 25.7. The maximum absolute atomic E-state index is 15.5. The van der Waals surface area contributed by atoms with E-state index in [0.29, 0.717) is 0 Å². The number of rotatable bonds is 7. The van der Waals surface area contributed by atoms with Crippen molar-refractivity contribution in [1.29, 1.82) is 0 Å². The first-order valence-electron chi connectivity index (χ1n) is 17.4. The van der Waals surface area contributed by atoms with E-state index >= 15 is 4.57 Å². The van der Waals surface area contributed by atoms with E-state index in [1.807, 2.05) is 91.5 Å². The summed E-state index contributed by atoms with van der Waals surface area (Å²) in [6, 6.07) is 60.6. The van der Waals surface area contributed by atoms with E-state index in [1.165, 1.54) is 5.56 Å². The van der Waals surface area contributed by atoms with Crippen LogP contribution in [0.2, 0.25) is 0 Å². The van der Waals surface area contributed by atoms with Crippen LogP contribution in [0.3, 0.4) is 0 Å². The molecule has 0 radical (unpaired) electrons. The fourth-order valence-corrected chi connectivity index (χ4v) is 10.2. The van der Waals surface area contributed by atoms with Gasteiger partial charge in [-0.1, -0.05) is 127 Å². The lowest BCUT2D eigenvalue weighted by molar-refractivity contribution is 0.592. The van der Waals surface area contributed by atoms with Crippen molar-refractivity contribution >= 4 is 44.6 Å². The molecule has 246 valence electrons. The smallest absolute Gasteiger partial charge is 0.171 e. The van der Waals surface area contributed by atoms with Crippen LogP contribution >= 0.6 is 7.14 Å². The van der Waals surface area contributed by atoms with Crippen molar-refractivity contribution in [2.24, 2.45) is 0 Å². The average Bonchev–Trinajstić information content (AvgIpc) is 3.23. The molecule has 0 aliphatic heterocycles. The van der Waals surface area contributed by atoms with Gasteiger partial charge >= 0.3 is 0 Å². The number of pyridine rings is 2. The Hall–Kier alpha value is -6.41. The maximum Gasteiger partial charge on any atom is 0.171 e. The third-order valence-electron chi connectivity index (χ3n) is 9.92. The van der Waals surface area contributed by atoms with Crippen LogP contribution in [0, 0.1) is 0 Å². The van der Waals surface area contributed by atoms with Gasteiger partial charge < -0.3 is 4.57 Å². The Balaban J connectivity index is 1.31. The molecule has 0 unspecified atom stereocenters. The van der Waals surface area contributed by atoms with Crippen molar-refractivity contribution in [3.63, 3.8) is 0 Å². The lowest BCUT2D eigenvalue weighted by atomic mass is 9.84. The molecule has 0 saturated carbocycles. The van der Waals surface area contributed by atoms with E-state index in [2.05, 4.69) is 119 Å². The molecule has 7 aromatic carbocycles. The molecule has 9 aromatic rings. The van der Waals surface area contributed by atoms with Gasteiger partial charge in [-0.05, 0) is 115 Å². The molecule has 0 fully saturated rings. The number of hydrogen-bond acceptors (Lipinski definition) is 3. The molecule has 0 spiro atoms. The topological polar surface area (TPSA) is 42.9 Å². The zero-order chi connectivity index (χ0) is 34.9. The summed E-state index contributed by atoms with van der Waals surface area (Å²) in [5, 5.41) is 7.05. The highest BCUT2D eigenvalue weighted by Gasteiger charge is 2.30. The predicted molar refractivity (Wildman–Crippen MR) is 218 cm³/mol. The zero-order valence-electron chi connectivity index (χ0n) is 28.3. The molecule has 3 nitrogen and oxygen atoms in total. The Kier molecular flexibility index (Phi) is 8.12. The van der Waals surface area contributed by atoms with Crippen LogP contribution in [0.1, 0.15) is 0 Å². The van der Waals surface area contributed by atoms with Crippen molar-refractivity contribution in [2.75, 3.05) is 0 Å². The van der Waals surface area contributed by atoms with E-state index < -0.39 is 7.14 Å². The molecule has 52 heavy (non-hydrogen) atoms. The lowest BCUT2D eigenvalue weighted by Gasteiger charge is -2.22. The summed E-state index contributed by atoms with van der Waals surface area (Å²) in [7, 11) is -3.18.